The monoisotopic (exact) mass is 292 g/mol. The molecule has 0 aliphatic rings. The van der Waals surface area contributed by atoms with Crippen molar-refractivity contribution in [2.24, 2.45) is 0 Å². The summed E-state index contributed by atoms with van der Waals surface area (Å²) in [7, 11) is 0. The molecule has 0 bridgehead atoms. The number of benzene rings is 1. The van der Waals surface area contributed by atoms with E-state index in [0.29, 0.717) is 0 Å². The average molecular weight is 292 g/mol. The lowest BCUT2D eigenvalue weighted by atomic mass is 10.1. The predicted octanol–water partition coefficient (Wildman–Crippen LogP) is 1.16. The highest BCUT2D eigenvalue weighted by atomic mass is 19.4. The molecule has 110 valence electrons. The third kappa shape index (κ3) is 5.25. The van der Waals surface area contributed by atoms with Gasteiger partial charge in [-0.25, -0.2) is 4.39 Å². The topological polar surface area (TPSA) is 58.2 Å². The Hall–Kier alpha value is -2.12. The van der Waals surface area contributed by atoms with Gasteiger partial charge in [-0.1, -0.05) is 18.2 Å². The first-order valence-corrected chi connectivity index (χ1v) is 5.66. The molecule has 2 N–H and O–H groups in total. The normalized spacial score (nSPS) is 11.0. The van der Waals surface area contributed by atoms with Gasteiger partial charge in [0, 0.05) is 13.1 Å². The molecule has 0 radical (unpaired) electrons. The molecule has 0 aromatic heterocycles. The number of alkyl halides is 3. The van der Waals surface area contributed by atoms with Crippen LogP contribution in [0.5, 0.6) is 0 Å². The molecule has 0 heterocycles. The molecule has 0 spiro atoms. The van der Waals surface area contributed by atoms with Crippen molar-refractivity contribution in [1.82, 2.24) is 10.6 Å². The van der Waals surface area contributed by atoms with Crippen molar-refractivity contribution in [3.8, 4) is 0 Å². The first kappa shape index (κ1) is 15.9. The molecule has 0 fully saturated rings. The third-order valence-corrected chi connectivity index (χ3v) is 2.30. The highest BCUT2D eigenvalue weighted by molar-refractivity contribution is 5.82. The SMILES string of the molecule is O=C(Cc1ccccc1F)NCCNC(=O)C(F)(F)F. The summed E-state index contributed by atoms with van der Waals surface area (Å²) in [5, 5.41) is 3.88. The van der Waals surface area contributed by atoms with Crippen molar-refractivity contribution < 1.29 is 27.2 Å². The molecule has 4 nitrogen and oxygen atoms in total. The number of carbonyl (C=O) groups excluding carboxylic acids is 2. The van der Waals surface area contributed by atoms with Crippen LogP contribution in [0, 0.1) is 5.82 Å². The Morgan fingerprint density at radius 3 is 2.25 bits per heavy atom. The Morgan fingerprint density at radius 1 is 1.05 bits per heavy atom. The molecule has 1 aromatic carbocycles. The maximum atomic E-state index is 13.2. The van der Waals surface area contributed by atoms with Gasteiger partial charge in [-0.2, -0.15) is 13.2 Å². The van der Waals surface area contributed by atoms with Gasteiger partial charge in [-0.05, 0) is 11.6 Å². The van der Waals surface area contributed by atoms with Crippen molar-refractivity contribution in [3.63, 3.8) is 0 Å². The summed E-state index contributed by atoms with van der Waals surface area (Å²) in [6, 6.07) is 5.67. The second-order valence-corrected chi connectivity index (χ2v) is 3.87. The van der Waals surface area contributed by atoms with Gasteiger partial charge in [0.2, 0.25) is 5.91 Å². The zero-order chi connectivity index (χ0) is 15.2. The standard InChI is InChI=1S/C12H12F4N2O2/c13-9-4-2-1-3-8(9)7-10(19)17-5-6-18-11(20)12(14,15)16/h1-4H,5-7H2,(H,17,19)(H,18,20). The zero-order valence-corrected chi connectivity index (χ0v) is 10.3. The Bertz CT molecular complexity index is 489. The lowest BCUT2D eigenvalue weighted by Gasteiger charge is -2.09. The van der Waals surface area contributed by atoms with Crippen LogP contribution in [0.15, 0.2) is 24.3 Å². The Labute approximate surface area is 112 Å². The van der Waals surface area contributed by atoms with Crippen LogP contribution in [-0.2, 0) is 16.0 Å². The third-order valence-electron chi connectivity index (χ3n) is 2.30. The fourth-order valence-electron chi connectivity index (χ4n) is 1.36. The van der Waals surface area contributed by atoms with Crippen LogP contribution in [0.1, 0.15) is 5.56 Å². The van der Waals surface area contributed by atoms with E-state index in [9.17, 15) is 27.2 Å². The molecule has 0 aliphatic heterocycles. The van der Waals surface area contributed by atoms with E-state index in [0.717, 1.165) is 0 Å². The minimum absolute atomic E-state index is 0.172. The summed E-state index contributed by atoms with van der Waals surface area (Å²) < 4.78 is 48.7. The summed E-state index contributed by atoms with van der Waals surface area (Å²) in [6.07, 6.45) is -5.17. The zero-order valence-electron chi connectivity index (χ0n) is 10.3. The number of halogens is 4. The minimum Gasteiger partial charge on any atom is -0.354 e. The van der Waals surface area contributed by atoms with Gasteiger partial charge in [0.05, 0.1) is 6.42 Å². The summed E-state index contributed by atoms with van der Waals surface area (Å²) in [5.74, 6) is -3.15. The van der Waals surface area contributed by atoms with Crippen molar-refractivity contribution in [2.75, 3.05) is 13.1 Å². The molecule has 8 heteroatoms. The number of hydrogen-bond donors (Lipinski definition) is 2. The van der Waals surface area contributed by atoms with Crippen LogP contribution >= 0.6 is 0 Å². The van der Waals surface area contributed by atoms with E-state index in [4.69, 9.17) is 0 Å². The molecular weight excluding hydrogens is 280 g/mol. The van der Waals surface area contributed by atoms with Crippen molar-refractivity contribution in [1.29, 1.82) is 0 Å². The van der Waals surface area contributed by atoms with Crippen LogP contribution in [-0.4, -0.2) is 31.1 Å². The lowest BCUT2D eigenvalue weighted by Crippen LogP contribution is -2.41. The number of rotatable bonds is 5. The maximum absolute atomic E-state index is 13.2. The van der Waals surface area contributed by atoms with E-state index >= 15 is 0 Å². The quantitative estimate of drug-likeness (QED) is 0.632. The van der Waals surface area contributed by atoms with E-state index in [-0.39, 0.29) is 25.1 Å². The van der Waals surface area contributed by atoms with Gasteiger partial charge in [0.15, 0.2) is 0 Å². The molecule has 0 saturated carbocycles. The van der Waals surface area contributed by atoms with Crippen molar-refractivity contribution >= 4 is 11.8 Å². The molecule has 1 rings (SSSR count). The second kappa shape index (κ2) is 6.88. The highest BCUT2D eigenvalue weighted by Gasteiger charge is 2.38. The predicted molar refractivity (Wildman–Crippen MR) is 62.2 cm³/mol. The molecule has 0 aliphatic carbocycles. The van der Waals surface area contributed by atoms with E-state index in [2.05, 4.69) is 5.32 Å². The fraction of sp³-hybridized carbons (Fsp3) is 0.333. The second-order valence-electron chi connectivity index (χ2n) is 3.87. The molecular formula is C12H12F4N2O2. The molecule has 0 atom stereocenters. The van der Waals surface area contributed by atoms with E-state index < -0.39 is 23.8 Å². The van der Waals surface area contributed by atoms with Crippen molar-refractivity contribution in [2.45, 2.75) is 12.6 Å². The van der Waals surface area contributed by atoms with Gasteiger partial charge in [-0.15, -0.1) is 0 Å². The lowest BCUT2D eigenvalue weighted by molar-refractivity contribution is -0.173. The largest absolute Gasteiger partial charge is 0.471 e. The van der Waals surface area contributed by atoms with Gasteiger partial charge < -0.3 is 10.6 Å². The fourth-order valence-corrected chi connectivity index (χ4v) is 1.36. The maximum Gasteiger partial charge on any atom is 0.471 e. The van der Waals surface area contributed by atoms with Gasteiger partial charge in [-0.3, -0.25) is 9.59 Å². The smallest absolute Gasteiger partial charge is 0.354 e. The van der Waals surface area contributed by atoms with E-state index in [1.807, 2.05) is 0 Å². The molecule has 0 saturated heterocycles. The summed E-state index contributed by atoms with van der Waals surface area (Å²) in [4.78, 5) is 21.8. The Kier molecular flexibility index (Phi) is 5.48. The molecule has 0 unspecified atom stereocenters. The van der Waals surface area contributed by atoms with Crippen LogP contribution < -0.4 is 10.6 Å². The number of amides is 2. The molecule has 20 heavy (non-hydrogen) atoms. The van der Waals surface area contributed by atoms with Crippen LogP contribution in [0.3, 0.4) is 0 Å². The Balaban J connectivity index is 2.28. The molecule has 2 amide bonds. The van der Waals surface area contributed by atoms with E-state index in [1.165, 1.54) is 18.2 Å². The number of nitrogens with one attached hydrogen (secondary N) is 2. The highest BCUT2D eigenvalue weighted by Crippen LogP contribution is 2.13. The van der Waals surface area contributed by atoms with Crippen molar-refractivity contribution in [3.05, 3.63) is 35.6 Å². The van der Waals surface area contributed by atoms with Crippen LogP contribution in [0.2, 0.25) is 0 Å². The molecule has 1 aromatic rings. The summed E-state index contributed by atoms with van der Waals surface area (Å²) in [6.45, 7) is -0.531. The van der Waals surface area contributed by atoms with Crippen LogP contribution in [0.4, 0.5) is 17.6 Å². The first-order chi connectivity index (χ1) is 9.30. The average Bonchev–Trinajstić information content (AvgIpc) is 2.36. The number of hydrogen-bond acceptors (Lipinski definition) is 2. The first-order valence-electron chi connectivity index (χ1n) is 5.66. The van der Waals surface area contributed by atoms with Gasteiger partial charge in [0.25, 0.3) is 0 Å². The summed E-state index contributed by atoms with van der Waals surface area (Å²) in [5.41, 5.74) is 0.185. The van der Waals surface area contributed by atoms with E-state index in [1.54, 1.807) is 11.4 Å². The minimum atomic E-state index is -4.95. The summed E-state index contributed by atoms with van der Waals surface area (Å²) >= 11 is 0. The Morgan fingerprint density at radius 2 is 1.65 bits per heavy atom. The van der Waals surface area contributed by atoms with Gasteiger partial charge >= 0.3 is 12.1 Å². The van der Waals surface area contributed by atoms with Crippen LogP contribution in [0.25, 0.3) is 0 Å². The number of carbonyl (C=O) groups is 2. The van der Waals surface area contributed by atoms with Gasteiger partial charge in [0.1, 0.15) is 5.82 Å².